The van der Waals surface area contributed by atoms with E-state index in [1.54, 1.807) is 4.90 Å². The summed E-state index contributed by atoms with van der Waals surface area (Å²) < 4.78 is 0. The molecule has 2 fully saturated rings. The summed E-state index contributed by atoms with van der Waals surface area (Å²) in [5.74, 6) is 0.980. The van der Waals surface area contributed by atoms with E-state index in [1.165, 1.54) is 19.3 Å². The molecule has 0 radical (unpaired) electrons. The van der Waals surface area contributed by atoms with Gasteiger partial charge in [-0.3, -0.25) is 14.5 Å². The SMILES string of the molecule is O=C1C2=C(C(=O)N1C1CCCCC1)C1CCC2C1. The van der Waals surface area contributed by atoms with E-state index in [2.05, 4.69) is 0 Å². The molecule has 2 amide bonds. The van der Waals surface area contributed by atoms with Crippen molar-refractivity contribution in [3.8, 4) is 0 Å². The van der Waals surface area contributed by atoms with Gasteiger partial charge in [0.15, 0.2) is 0 Å². The molecule has 1 heterocycles. The van der Waals surface area contributed by atoms with Crippen LogP contribution in [-0.2, 0) is 9.59 Å². The van der Waals surface area contributed by atoms with Gasteiger partial charge in [-0.15, -0.1) is 0 Å². The zero-order chi connectivity index (χ0) is 12.3. The Labute approximate surface area is 107 Å². The molecule has 18 heavy (non-hydrogen) atoms. The summed E-state index contributed by atoms with van der Waals surface area (Å²) in [5.41, 5.74) is 1.84. The molecule has 4 rings (SSSR count). The molecule has 2 bridgehead atoms. The van der Waals surface area contributed by atoms with Gasteiger partial charge in [-0.2, -0.15) is 0 Å². The molecule has 0 N–H and O–H groups in total. The summed E-state index contributed by atoms with van der Waals surface area (Å²) in [6.07, 6.45) is 8.95. The molecular weight excluding hydrogens is 226 g/mol. The lowest BCUT2D eigenvalue weighted by molar-refractivity contribution is -0.141. The standard InChI is InChI=1S/C15H19NO2/c17-14-12-9-6-7-10(8-9)13(12)15(18)16(14)11-4-2-1-3-5-11/h9-11H,1-8H2. The molecule has 3 nitrogen and oxygen atoms in total. The van der Waals surface area contributed by atoms with Crippen LogP contribution >= 0.6 is 0 Å². The molecule has 2 atom stereocenters. The van der Waals surface area contributed by atoms with Gasteiger partial charge in [-0.25, -0.2) is 0 Å². The number of amides is 2. The highest BCUT2D eigenvalue weighted by Gasteiger charge is 2.53. The molecular formula is C15H19NO2. The highest BCUT2D eigenvalue weighted by atomic mass is 16.2. The molecule has 1 aliphatic heterocycles. The number of imide groups is 1. The fourth-order valence-corrected chi connectivity index (χ4v) is 4.55. The molecule has 3 heteroatoms. The molecule has 3 aliphatic carbocycles. The number of nitrogens with zero attached hydrogens (tertiary/aromatic N) is 1. The Hall–Kier alpha value is -1.12. The van der Waals surface area contributed by atoms with E-state index in [0.717, 1.165) is 43.3 Å². The zero-order valence-corrected chi connectivity index (χ0v) is 10.7. The number of likely N-dealkylation sites (tertiary alicyclic amines) is 1. The Balaban J connectivity index is 1.66. The first kappa shape index (κ1) is 10.8. The normalized spacial score (nSPS) is 35.9. The molecule has 0 spiro atoms. The highest BCUT2D eigenvalue weighted by molar-refractivity contribution is 6.20. The van der Waals surface area contributed by atoms with Gasteiger partial charge >= 0.3 is 0 Å². The fourth-order valence-electron chi connectivity index (χ4n) is 4.55. The first-order valence-electron chi connectivity index (χ1n) is 7.39. The predicted octanol–water partition coefficient (Wildman–Crippen LogP) is 2.41. The van der Waals surface area contributed by atoms with Crippen LogP contribution in [0.5, 0.6) is 0 Å². The van der Waals surface area contributed by atoms with E-state index in [-0.39, 0.29) is 17.9 Å². The average molecular weight is 245 g/mol. The van der Waals surface area contributed by atoms with Crippen molar-refractivity contribution in [2.75, 3.05) is 0 Å². The van der Waals surface area contributed by atoms with Gasteiger partial charge in [0, 0.05) is 17.2 Å². The lowest BCUT2D eigenvalue weighted by Crippen LogP contribution is -2.43. The first-order chi connectivity index (χ1) is 8.77. The van der Waals surface area contributed by atoms with Crippen molar-refractivity contribution in [1.82, 2.24) is 4.90 Å². The third kappa shape index (κ3) is 1.25. The quantitative estimate of drug-likeness (QED) is 0.665. The summed E-state index contributed by atoms with van der Waals surface area (Å²) in [7, 11) is 0. The maximum Gasteiger partial charge on any atom is 0.257 e. The monoisotopic (exact) mass is 245 g/mol. The summed E-state index contributed by atoms with van der Waals surface area (Å²) in [4.78, 5) is 26.7. The third-order valence-electron chi connectivity index (χ3n) is 5.38. The van der Waals surface area contributed by atoms with Gasteiger partial charge in [-0.05, 0) is 43.9 Å². The van der Waals surface area contributed by atoms with Crippen molar-refractivity contribution in [3.05, 3.63) is 11.1 Å². The van der Waals surface area contributed by atoms with Crippen LogP contribution in [0.4, 0.5) is 0 Å². The van der Waals surface area contributed by atoms with E-state index in [1.807, 2.05) is 0 Å². The van der Waals surface area contributed by atoms with Gasteiger partial charge in [0.05, 0.1) is 0 Å². The van der Waals surface area contributed by atoms with Crippen molar-refractivity contribution in [2.45, 2.75) is 57.4 Å². The number of carbonyl (C=O) groups is 2. The second kappa shape index (κ2) is 3.69. The van der Waals surface area contributed by atoms with Crippen molar-refractivity contribution in [1.29, 1.82) is 0 Å². The predicted molar refractivity (Wildman–Crippen MR) is 66.6 cm³/mol. The van der Waals surface area contributed by atoms with Crippen LogP contribution in [0.15, 0.2) is 11.1 Å². The second-order valence-electron chi connectivity index (χ2n) is 6.31. The van der Waals surface area contributed by atoms with Crippen LogP contribution in [0.25, 0.3) is 0 Å². The minimum Gasteiger partial charge on any atom is -0.272 e. The van der Waals surface area contributed by atoms with Crippen LogP contribution in [0.2, 0.25) is 0 Å². The van der Waals surface area contributed by atoms with E-state index >= 15 is 0 Å². The number of hydrogen-bond donors (Lipinski definition) is 0. The fraction of sp³-hybridized carbons (Fsp3) is 0.733. The Morgan fingerprint density at radius 3 is 1.89 bits per heavy atom. The largest absolute Gasteiger partial charge is 0.272 e. The van der Waals surface area contributed by atoms with E-state index in [9.17, 15) is 9.59 Å². The van der Waals surface area contributed by atoms with Crippen LogP contribution in [0.3, 0.4) is 0 Å². The average Bonchev–Trinajstić information content (AvgIpc) is 3.05. The van der Waals surface area contributed by atoms with Gasteiger partial charge in [0.25, 0.3) is 11.8 Å². The van der Waals surface area contributed by atoms with Crippen molar-refractivity contribution < 1.29 is 9.59 Å². The Morgan fingerprint density at radius 1 is 0.778 bits per heavy atom. The lowest BCUT2D eigenvalue weighted by Gasteiger charge is -2.30. The molecule has 96 valence electrons. The lowest BCUT2D eigenvalue weighted by atomic mass is 9.93. The summed E-state index contributed by atoms with van der Waals surface area (Å²) in [6, 6.07) is 0.198. The minimum absolute atomic E-state index is 0.0779. The molecule has 0 saturated heterocycles. The minimum atomic E-state index is 0.0779. The molecule has 0 aromatic carbocycles. The van der Waals surface area contributed by atoms with Crippen molar-refractivity contribution in [3.63, 3.8) is 0 Å². The highest BCUT2D eigenvalue weighted by Crippen LogP contribution is 2.52. The Bertz CT molecular complexity index is 427. The van der Waals surface area contributed by atoms with E-state index in [0.29, 0.717) is 11.8 Å². The zero-order valence-electron chi connectivity index (χ0n) is 10.7. The Morgan fingerprint density at radius 2 is 1.33 bits per heavy atom. The van der Waals surface area contributed by atoms with Crippen molar-refractivity contribution in [2.24, 2.45) is 11.8 Å². The molecule has 0 aromatic rings. The summed E-state index contributed by atoms with van der Waals surface area (Å²) in [6.45, 7) is 0. The molecule has 4 aliphatic rings. The number of rotatable bonds is 1. The van der Waals surface area contributed by atoms with Crippen LogP contribution in [0, 0.1) is 11.8 Å². The number of hydrogen-bond acceptors (Lipinski definition) is 2. The Kier molecular flexibility index (Phi) is 2.21. The third-order valence-corrected chi connectivity index (χ3v) is 5.38. The summed E-state index contributed by atoms with van der Waals surface area (Å²) in [5, 5.41) is 0. The van der Waals surface area contributed by atoms with Gasteiger partial charge in [-0.1, -0.05) is 19.3 Å². The maximum absolute atomic E-state index is 12.5. The smallest absolute Gasteiger partial charge is 0.257 e. The van der Waals surface area contributed by atoms with Gasteiger partial charge in [0.1, 0.15) is 0 Å². The second-order valence-corrected chi connectivity index (χ2v) is 6.31. The maximum atomic E-state index is 12.5. The van der Waals surface area contributed by atoms with E-state index in [4.69, 9.17) is 0 Å². The molecule has 0 aromatic heterocycles. The van der Waals surface area contributed by atoms with Crippen LogP contribution in [0.1, 0.15) is 51.4 Å². The number of fused-ring (bicyclic) bond motifs is 4. The van der Waals surface area contributed by atoms with E-state index < -0.39 is 0 Å². The first-order valence-corrected chi connectivity index (χ1v) is 7.39. The van der Waals surface area contributed by atoms with Gasteiger partial charge in [0.2, 0.25) is 0 Å². The number of carbonyl (C=O) groups excluding carboxylic acids is 2. The molecule has 2 unspecified atom stereocenters. The topological polar surface area (TPSA) is 37.4 Å². The van der Waals surface area contributed by atoms with Crippen LogP contribution < -0.4 is 0 Å². The van der Waals surface area contributed by atoms with Crippen molar-refractivity contribution >= 4 is 11.8 Å². The van der Waals surface area contributed by atoms with Crippen LogP contribution in [-0.4, -0.2) is 22.8 Å². The molecule has 2 saturated carbocycles. The van der Waals surface area contributed by atoms with Gasteiger partial charge < -0.3 is 0 Å². The summed E-state index contributed by atoms with van der Waals surface area (Å²) >= 11 is 0.